The van der Waals surface area contributed by atoms with Crippen LogP contribution in [0.15, 0.2) is 48.5 Å². The monoisotopic (exact) mass is 434 g/mol. The number of carboxylic acids is 1. The molecule has 2 aromatic rings. The summed E-state index contributed by atoms with van der Waals surface area (Å²) in [5.41, 5.74) is 8.78. The fourth-order valence-corrected chi connectivity index (χ4v) is 1.83. The van der Waals surface area contributed by atoms with E-state index in [9.17, 15) is 9.90 Å². The quantitative estimate of drug-likeness (QED) is 0.595. The molecule has 0 saturated heterocycles. The Morgan fingerprint density at radius 3 is 2.21 bits per heavy atom. The molecule has 2 aromatic carbocycles. The van der Waals surface area contributed by atoms with Gasteiger partial charge in [0.05, 0.1) is 5.97 Å². The molecule has 3 nitrogen and oxygen atoms in total. The van der Waals surface area contributed by atoms with E-state index < -0.39 is 12.0 Å². The van der Waals surface area contributed by atoms with Crippen LogP contribution in [0.3, 0.4) is 0 Å². The number of carboxylic acid groups (broad SMARTS) is 1. The van der Waals surface area contributed by atoms with E-state index in [0.29, 0.717) is 12.3 Å². The first-order valence-electron chi connectivity index (χ1n) is 7.52. The first kappa shape index (κ1) is 22.8. The molecule has 0 bridgehead atoms. The number of aliphatic carboxylic acids is 1. The van der Waals surface area contributed by atoms with Gasteiger partial charge in [0.2, 0.25) is 0 Å². The number of hydrogen-bond donors (Lipinski definition) is 1. The van der Waals surface area contributed by atoms with Crippen LogP contribution in [0.25, 0.3) is 0 Å². The van der Waals surface area contributed by atoms with Gasteiger partial charge in [0.1, 0.15) is 0 Å². The molecular weight excluding hydrogens is 411 g/mol. The second-order valence-electron chi connectivity index (χ2n) is 5.57. The van der Waals surface area contributed by atoms with Crippen molar-refractivity contribution < 1.29 is 27.2 Å². The molecule has 0 fully saturated rings. The summed E-state index contributed by atoms with van der Waals surface area (Å²) in [6.45, 7) is 6.45. The van der Waals surface area contributed by atoms with Gasteiger partial charge < -0.3 is 15.6 Å². The molecule has 5 heteroatoms. The third-order valence-corrected chi connectivity index (χ3v) is 3.26. The van der Waals surface area contributed by atoms with Gasteiger partial charge in [-0.3, -0.25) is 0 Å². The van der Waals surface area contributed by atoms with Crippen molar-refractivity contribution in [1.29, 1.82) is 0 Å². The van der Waals surface area contributed by atoms with E-state index >= 15 is 0 Å². The van der Waals surface area contributed by atoms with Crippen molar-refractivity contribution in [2.75, 3.05) is 0 Å². The molecular formula is C19H23ClNO2Ru. The molecule has 0 amide bonds. The summed E-state index contributed by atoms with van der Waals surface area (Å²) in [6, 6.07) is 17.8. The van der Waals surface area contributed by atoms with Gasteiger partial charge in [-0.25, -0.2) is 0 Å². The number of carbonyl (C=O) groups excluding carboxylic acids is 1. The normalized spacial score (nSPS) is 10.8. The molecule has 0 heterocycles. The Labute approximate surface area is 158 Å². The Hall–Kier alpha value is -1.22. The first-order valence-corrected chi connectivity index (χ1v) is 9.76. The van der Waals surface area contributed by atoms with Crippen LogP contribution < -0.4 is 10.8 Å². The number of nitrogens with two attached hydrogens (primary N) is 1. The Balaban J connectivity index is 0.000000405. The van der Waals surface area contributed by atoms with E-state index in [2.05, 4.69) is 54.7 Å². The molecule has 2 rings (SSSR count). The van der Waals surface area contributed by atoms with E-state index in [4.69, 9.17) is 5.73 Å². The molecule has 0 aliphatic heterocycles. The average molecular weight is 434 g/mol. The number of hydrogen-bond acceptors (Lipinski definition) is 3. The van der Waals surface area contributed by atoms with Gasteiger partial charge >= 0.3 is 27.0 Å². The van der Waals surface area contributed by atoms with Crippen LogP contribution >= 0.6 is 9.69 Å². The number of carbonyl (C=O) groups is 1. The maximum absolute atomic E-state index is 10.3. The molecule has 24 heavy (non-hydrogen) atoms. The topological polar surface area (TPSA) is 66.2 Å². The first-order chi connectivity index (χ1) is 11.4. The SMILES string of the molecule is Cc1[c-]cc(C(C)C)cc1.N[C@@H](Cc1ccccc1)C(=O)[O-].[Cl][Ru+2]. The summed E-state index contributed by atoms with van der Waals surface area (Å²) in [6.07, 6.45) is 0.323. The standard InChI is InChI=1S/C10H13.C9H11NO2.ClH.Ru/c1-8(2)10-6-4-9(3)5-7-10;10-8(9(11)12)6-7-4-2-1-3-5-7;;/h4,6-8H,1-3H3;1-5,8H,6,10H2,(H,11,12);1H;/q-1;;;+3/p-2/t;8-;;/m.0../s1. The predicted octanol–water partition coefficient (Wildman–Crippen LogP) is 2.91. The zero-order chi connectivity index (χ0) is 18.5. The molecule has 0 saturated carbocycles. The van der Waals surface area contributed by atoms with E-state index in [1.807, 2.05) is 47.6 Å². The van der Waals surface area contributed by atoms with E-state index in [1.54, 1.807) is 0 Å². The van der Waals surface area contributed by atoms with Crippen LogP contribution in [0.1, 0.15) is 36.5 Å². The van der Waals surface area contributed by atoms with E-state index in [0.717, 1.165) is 5.56 Å². The molecule has 0 radical (unpaired) electrons. The summed E-state index contributed by atoms with van der Waals surface area (Å²) in [5.74, 6) is -0.587. The van der Waals surface area contributed by atoms with Crippen LogP contribution in [0, 0.1) is 13.0 Å². The van der Waals surface area contributed by atoms with Crippen LogP contribution in [0.2, 0.25) is 0 Å². The van der Waals surface area contributed by atoms with Gasteiger partial charge in [-0.1, -0.05) is 57.0 Å². The van der Waals surface area contributed by atoms with Crippen molar-refractivity contribution >= 4 is 15.7 Å². The van der Waals surface area contributed by atoms with Gasteiger partial charge in [-0.05, 0) is 12.0 Å². The fourth-order valence-electron chi connectivity index (χ4n) is 1.83. The molecule has 0 aromatic heterocycles. The molecule has 0 spiro atoms. The Bertz CT molecular complexity index is 574. The summed E-state index contributed by atoms with van der Waals surface area (Å²) in [7, 11) is 4.57. The Morgan fingerprint density at radius 1 is 1.21 bits per heavy atom. The van der Waals surface area contributed by atoms with Gasteiger partial charge in [0.25, 0.3) is 0 Å². The third-order valence-electron chi connectivity index (χ3n) is 3.26. The molecule has 1 atom stereocenters. The minimum absolute atomic E-state index is 0.323. The maximum atomic E-state index is 10.3. The van der Waals surface area contributed by atoms with Crippen molar-refractivity contribution in [3.8, 4) is 0 Å². The summed E-state index contributed by atoms with van der Waals surface area (Å²) < 4.78 is 0. The van der Waals surface area contributed by atoms with Crippen molar-refractivity contribution in [1.82, 2.24) is 0 Å². The zero-order valence-electron chi connectivity index (χ0n) is 14.1. The summed E-state index contributed by atoms with van der Waals surface area (Å²) >= 11 is 1.82. The second kappa shape index (κ2) is 13.1. The van der Waals surface area contributed by atoms with E-state index in [1.165, 1.54) is 11.1 Å². The number of aryl methyl sites for hydroxylation is 1. The average Bonchev–Trinajstić information content (AvgIpc) is 2.58. The Kier molecular flexibility index (Phi) is 12.5. The van der Waals surface area contributed by atoms with Gasteiger partial charge in [0.15, 0.2) is 0 Å². The van der Waals surface area contributed by atoms with Gasteiger partial charge in [0, 0.05) is 6.04 Å². The molecule has 131 valence electrons. The number of halogens is 1. The van der Waals surface area contributed by atoms with Crippen molar-refractivity contribution in [3.63, 3.8) is 0 Å². The molecule has 0 aliphatic rings. The summed E-state index contributed by atoms with van der Waals surface area (Å²) in [4.78, 5) is 10.3. The molecule has 0 aliphatic carbocycles. The fraction of sp³-hybridized carbons (Fsp3) is 0.316. The van der Waals surface area contributed by atoms with Crippen molar-refractivity contribution in [3.05, 3.63) is 71.3 Å². The predicted molar refractivity (Wildman–Crippen MR) is 93.1 cm³/mol. The molecule has 0 unspecified atom stereocenters. The van der Waals surface area contributed by atoms with Crippen LogP contribution in [0.4, 0.5) is 0 Å². The van der Waals surface area contributed by atoms with Crippen LogP contribution in [-0.2, 0) is 28.5 Å². The number of rotatable bonds is 4. The van der Waals surface area contributed by atoms with Gasteiger partial charge in [-0.15, -0.1) is 0 Å². The molecule has 2 N–H and O–H groups in total. The minimum atomic E-state index is -1.21. The van der Waals surface area contributed by atoms with Crippen molar-refractivity contribution in [2.24, 2.45) is 5.73 Å². The number of benzene rings is 2. The van der Waals surface area contributed by atoms with Crippen LogP contribution in [0.5, 0.6) is 0 Å². The third kappa shape index (κ3) is 9.82. The van der Waals surface area contributed by atoms with Gasteiger partial charge in [-0.2, -0.15) is 35.4 Å². The van der Waals surface area contributed by atoms with Crippen LogP contribution in [-0.4, -0.2) is 12.0 Å². The van der Waals surface area contributed by atoms with E-state index in [-0.39, 0.29) is 0 Å². The zero-order valence-corrected chi connectivity index (χ0v) is 16.6. The summed E-state index contributed by atoms with van der Waals surface area (Å²) in [5, 5.41) is 10.3. The Morgan fingerprint density at radius 2 is 1.79 bits per heavy atom. The second-order valence-corrected chi connectivity index (χ2v) is 5.57. The van der Waals surface area contributed by atoms with Crippen molar-refractivity contribution in [2.45, 2.75) is 39.2 Å².